The summed E-state index contributed by atoms with van der Waals surface area (Å²) < 4.78 is 10.8. The van der Waals surface area contributed by atoms with Gasteiger partial charge in [0.25, 0.3) is 0 Å². The lowest BCUT2D eigenvalue weighted by Gasteiger charge is -2.22. The molecule has 0 aromatic carbocycles. The van der Waals surface area contributed by atoms with E-state index in [0.717, 1.165) is 25.0 Å². The second-order valence-electron chi connectivity index (χ2n) is 2.99. The van der Waals surface area contributed by atoms with E-state index in [1.807, 2.05) is 0 Å². The van der Waals surface area contributed by atoms with Gasteiger partial charge in [0.2, 0.25) is 0 Å². The summed E-state index contributed by atoms with van der Waals surface area (Å²) in [7, 11) is 0. The molecule has 0 saturated carbocycles. The van der Waals surface area contributed by atoms with Crippen LogP contribution in [-0.2, 0) is 9.47 Å². The van der Waals surface area contributed by atoms with Gasteiger partial charge in [-0.1, -0.05) is 6.58 Å². The van der Waals surface area contributed by atoms with E-state index in [2.05, 4.69) is 6.58 Å². The van der Waals surface area contributed by atoms with Gasteiger partial charge in [-0.2, -0.15) is 0 Å². The zero-order chi connectivity index (χ0) is 8.81. The van der Waals surface area contributed by atoms with Crippen LogP contribution in [0.2, 0.25) is 0 Å². The van der Waals surface area contributed by atoms with E-state index in [1.165, 1.54) is 6.42 Å². The van der Waals surface area contributed by atoms with Crippen LogP contribution in [0, 0.1) is 0 Å². The molecule has 1 heterocycles. The number of alkyl halides is 1. The number of ether oxygens (including phenoxy) is 2. The Hall–Kier alpha value is -0.0500. The third kappa shape index (κ3) is 3.57. The SMILES string of the molecule is C=C(CCl)COC1CCCCO1. The first-order chi connectivity index (χ1) is 5.83. The molecule has 0 aromatic rings. The minimum Gasteiger partial charge on any atom is -0.353 e. The molecule has 0 aromatic heterocycles. The molecule has 12 heavy (non-hydrogen) atoms. The van der Waals surface area contributed by atoms with E-state index in [1.54, 1.807) is 0 Å². The molecule has 0 aliphatic carbocycles. The highest BCUT2D eigenvalue weighted by Gasteiger charge is 2.13. The maximum atomic E-state index is 5.55. The van der Waals surface area contributed by atoms with Gasteiger partial charge in [0.15, 0.2) is 6.29 Å². The summed E-state index contributed by atoms with van der Waals surface area (Å²) in [5, 5.41) is 0. The highest BCUT2D eigenvalue weighted by atomic mass is 35.5. The predicted molar refractivity (Wildman–Crippen MR) is 49.4 cm³/mol. The van der Waals surface area contributed by atoms with Crippen LogP contribution in [0.5, 0.6) is 0 Å². The molecule has 1 saturated heterocycles. The van der Waals surface area contributed by atoms with Gasteiger partial charge in [-0.15, -0.1) is 11.6 Å². The molecule has 0 spiro atoms. The van der Waals surface area contributed by atoms with Crippen molar-refractivity contribution in [2.24, 2.45) is 0 Å². The lowest BCUT2D eigenvalue weighted by atomic mass is 10.2. The molecule has 70 valence electrons. The monoisotopic (exact) mass is 190 g/mol. The van der Waals surface area contributed by atoms with Crippen molar-refractivity contribution in [1.29, 1.82) is 0 Å². The van der Waals surface area contributed by atoms with E-state index in [9.17, 15) is 0 Å². The molecule has 0 bridgehead atoms. The van der Waals surface area contributed by atoms with E-state index >= 15 is 0 Å². The second kappa shape index (κ2) is 5.57. The molecule has 1 aliphatic rings. The van der Waals surface area contributed by atoms with Gasteiger partial charge in [0.05, 0.1) is 6.61 Å². The molecular formula is C9H15ClO2. The third-order valence-electron chi connectivity index (χ3n) is 1.80. The van der Waals surface area contributed by atoms with Crippen LogP contribution in [0.15, 0.2) is 12.2 Å². The van der Waals surface area contributed by atoms with Gasteiger partial charge >= 0.3 is 0 Å². The summed E-state index contributed by atoms with van der Waals surface area (Å²) in [4.78, 5) is 0. The fraction of sp³-hybridized carbons (Fsp3) is 0.778. The maximum Gasteiger partial charge on any atom is 0.158 e. The largest absolute Gasteiger partial charge is 0.353 e. The standard InChI is InChI=1S/C9H15ClO2/c1-8(6-10)7-12-9-4-2-3-5-11-9/h9H,1-7H2. The summed E-state index contributed by atoms with van der Waals surface area (Å²) in [5.41, 5.74) is 0.908. The molecule has 1 atom stereocenters. The molecule has 1 fully saturated rings. The van der Waals surface area contributed by atoms with E-state index in [-0.39, 0.29) is 6.29 Å². The van der Waals surface area contributed by atoms with Gasteiger partial charge in [0, 0.05) is 12.5 Å². The number of halogens is 1. The summed E-state index contributed by atoms with van der Waals surface area (Å²) in [6.07, 6.45) is 3.31. The molecule has 2 nitrogen and oxygen atoms in total. The quantitative estimate of drug-likeness (QED) is 0.501. The Kier molecular flexibility index (Phi) is 4.66. The number of hydrogen-bond donors (Lipinski definition) is 0. The van der Waals surface area contributed by atoms with Gasteiger partial charge < -0.3 is 9.47 Å². The first-order valence-electron chi connectivity index (χ1n) is 4.28. The Balaban J connectivity index is 2.09. The highest BCUT2D eigenvalue weighted by molar-refractivity contribution is 6.19. The molecule has 1 aliphatic heterocycles. The van der Waals surface area contributed by atoms with Crippen molar-refractivity contribution in [1.82, 2.24) is 0 Å². The molecule has 1 unspecified atom stereocenters. The van der Waals surface area contributed by atoms with Gasteiger partial charge in [-0.25, -0.2) is 0 Å². The highest BCUT2D eigenvalue weighted by Crippen LogP contribution is 2.14. The molecule has 1 rings (SSSR count). The van der Waals surface area contributed by atoms with E-state index in [0.29, 0.717) is 12.5 Å². The van der Waals surface area contributed by atoms with Crippen LogP contribution in [0.25, 0.3) is 0 Å². The Morgan fingerprint density at radius 3 is 3.00 bits per heavy atom. The van der Waals surface area contributed by atoms with Gasteiger partial charge in [-0.05, 0) is 24.8 Å². The number of rotatable bonds is 4. The summed E-state index contributed by atoms with van der Waals surface area (Å²) in [6.45, 7) is 5.08. The van der Waals surface area contributed by atoms with Gasteiger partial charge in [0.1, 0.15) is 0 Å². The lowest BCUT2D eigenvalue weighted by Crippen LogP contribution is -2.23. The average molecular weight is 191 g/mol. The number of hydrogen-bond acceptors (Lipinski definition) is 2. The van der Waals surface area contributed by atoms with Crippen LogP contribution >= 0.6 is 11.6 Å². The fourth-order valence-electron chi connectivity index (χ4n) is 1.09. The summed E-state index contributed by atoms with van der Waals surface area (Å²) in [6, 6.07) is 0. The van der Waals surface area contributed by atoms with Crippen molar-refractivity contribution in [3.05, 3.63) is 12.2 Å². The smallest absolute Gasteiger partial charge is 0.158 e. The molecule has 0 amide bonds. The summed E-state index contributed by atoms with van der Waals surface area (Å²) >= 11 is 5.55. The van der Waals surface area contributed by atoms with E-state index in [4.69, 9.17) is 21.1 Å². The molecule has 0 N–H and O–H groups in total. The van der Waals surface area contributed by atoms with Crippen LogP contribution in [0.4, 0.5) is 0 Å². The molecule has 0 radical (unpaired) electrons. The van der Waals surface area contributed by atoms with Crippen LogP contribution in [-0.4, -0.2) is 25.4 Å². The van der Waals surface area contributed by atoms with Crippen LogP contribution in [0.3, 0.4) is 0 Å². The van der Waals surface area contributed by atoms with Crippen molar-refractivity contribution in [2.75, 3.05) is 19.1 Å². The second-order valence-corrected chi connectivity index (χ2v) is 3.26. The Labute approximate surface area is 78.5 Å². The topological polar surface area (TPSA) is 18.5 Å². The van der Waals surface area contributed by atoms with E-state index < -0.39 is 0 Å². The Morgan fingerprint density at radius 1 is 1.58 bits per heavy atom. The van der Waals surface area contributed by atoms with Crippen molar-refractivity contribution in [3.63, 3.8) is 0 Å². The van der Waals surface area contributed by atoms with Crippen LogP contribution in [0.1, 0.15) is 19.3 Å². The minimum atomic E-state index is -0.0290. The normalized spacial score (nSPS) is 23.9. The molecular weight excluding hydrogens is 176 g/mol. The van der Waals surface area contributed by atoms with Crippen molar-refractivity contribution in [2.45, 2.75) is 25.6 Å². The van der Waals surface area contributed by atoms with Gasteiger partial charge in [-0.3, -0.25) is 0 Å². The zero-order valence-electron chi connectivity index (χ0n) is 7.22. The van der Waals surface area contributed by atoms with Crippen molar-refractivity contribution < 1.29 is 9.47 Å². The maximum absolute atomic E-state index is 5.55. The fourth-order valence-corrected chi connectivity index (χ4v) is 1.17. The zero-order valence-corrected chi connectivity index (χ0v) is 7.98. The first kappa shape index (κ1) is 10.0. The first-order valence-corrected chi connectivity index (χ1v) is 4.82. The van der Waals surface area contributed by atoms with Crippen LogP contribution < -0.4 is 0 Å². The third-order valence-corrected chi connectivity index (χ3v) is 2.18. The predicted octanol–water partition coefficient (Wildman–Crippen LogP) is 2.32. The Bertz CT molecular complexity index is 141. The average Bonchev–Trinajstić information content (AvgIpc) is 2.16. The summed E-state index contributed by atoms with van der Waals surface area (Å²) in [5.74, 6) is 0.465. The lowest BCUT2D eigenvalue weighted by molar-refractivity contribution is -0.156. The molecule has 3 heteroatoms. The van der Waals surface area contributed by atoms with Crippen molar-refractivity contribution in [3.8, 4) is 0 Å². The Morgan fingerprint density at radius 2 is 2.42 bits per heavy atom. The van der Waals surface area contributed by atoms with Crippen molar-refractivity contribution >= 4 is 11.6 Å². The minimum absolute atomic E-state index is 0.0290.